The third-order valence-corrected chi connectivity index (χ3v) is 8.76. The van der Waals surface area contributed by atoms with E-state index in [2.05, 4.69) is 25.9 Å². The van der Waals surface area contributed by atoms with Crippen LogP contribution in [0.5, 0.6) is 11.8 Å². The molecule has 0 spiro atoms. The lowest BCUT2D eigenvalue weighted by Crippen LogP contribution is -2.55. The molecule has 4 aromatic rings. The van der Waals surface area contributed by atoms with Crippen molar-refractivity contribution in [3.63, 3.8) is 0 Å². The fraction of sp³-hybridized carbons (Fsp3) is 0.364. The van der Waals surface area contributed by atoms with Gasteiger partial charge in [0, 0.05) is 49.6 Å². The second-order valence-corrected chi connectivity index (χ2v) is 11.5. The van der Waals surface area contributed by atoms with E-state index in [0.717, 1.165) is 37.9 Å². The highest BCUT2D eigenvalue weighted by Gasteiger charge is 2.43. The van der Waals surface area contributed by atoms with Gasteiger partial charge in [-0.25, -0.2) is 13.6 Å². The highest BCUT2D eigenvalue weighted by atomic mass is 19.1. The molecule has 7 rings (SSSR count). The molecule has 0 aliphatic carbocycles. The Morgan fingerprint density at radius 3 is 2.65 bits per heavy atom. The highest BCUT2D eigenvalue weighted by molar-refractivity contribution is 6.03. The van der Waals surface area contributed by atoms with Crippen LogP contribution in [-0.4, -0.2) is 89.0 Å². The van der Waals surface area contributed by atoms with Crippen molar-refractivity contribution < 1.29 is 32.9 Å². The Kier molecular flexibility index (Phi) is 7.74. The number of methoxy groups -OCH3 is 1. The number of halogens is 2. The van der Waals surface area contributed by atoms with Gasteiger partial charge in [0.15, 0.2) is 12.6 Å². The smallest absolute Gasteiger partial charge is 0.407 e. The van der Waals surface area contributed by atoms with Gasteiger partial charge in [0.1, 0.15) is 35.2 Å². The molecule has 2 aromatic carbocycles. The normalized spacial score (nSPS) is 19.0. The van der Waals surface area contributed by atoms with E-state index in [9.17, 15) is 14.3 Å². The SMILES string of the molecule is C#Cc1c(F)ccc2cc(OCOC)cc(-c3ncc4c(N5C[C@H]6CC[C@@H](C5)N6C(=O)O)nc(OCC5=NCCC5)nc4c3F)c12. The molecule has 46 heavy (non-hydrogen) atoms. The topological polar surface area (TPSA) is 123 Å². The van der Waals surface area contributed by atoms with Crippen molar-refractivity contribution in [1.29, 1.82) is 0 Å². The summed E-state index contributed by atoms with van der Waals surface area (Å²) in [6.45, 7) is 1.57. The summed E-state index contributed by atoms with van der Waals surface area (Å²) in [4.78, 5) is 33.5. The van der Waals surface area contributed by atoms with Gasteiger partial charge in [-0.05, 0) is 49.3 Å². The first-order valence-electron chi connectivity index (χ1n) is 15.0. The summed E-state index contributed by atoms with van der Waals surface area (Å²) in [5.41, 5.74) is 0.878. The van der Waals surface area contributed by atoms with Gasteiger partial charge in [0.25, 0.3) is 0 Å². The van der Waals surface area contributed by atoms with Crippen LogP contribution in [0.4, 0.5) is 19.4 Å². The fourth-order valence-electron chi connectivity index (χ4n) is 6.72. The highest BCUT2D eigenvalue weighted by Crippen LogP contribution is 2.40. The molecule has 0 saturated carbocycles. The van der Waals surface area contributed by atoms with Crippen LogP contribution in [0.2, 0.25) is 0 Å². The molecule has 2 atom stereocenters. The number of rotatable bonds is 8. The van der Waals surface area contributed by atoms with Crippen molar-refractivity contribution in [1.82, 2.24) is 19.9 Å². The zero-order valence-electron chi connectivity index (χ0n) is 25.0. The Morgan fingerprint density at radius 1 is 1.15 bits per heavy atom. The molecular formula is C33H30F2N6O5. The monoisotopic (exact) mass is 628 g/mol. The predicted molar refractivity (Wildman–Crippen MR) is 167 cm³/mol. The van der Waals surface area contributed by atoms with Crippen LogP contribution in [0.25, 0.3) is 32.9 Å². The van der Waals surface area contributed by atoms with E-state index in [0.29, 0.717) is 40.8 Å². The van der Waals surface area contributed by atoms with E-state index >= 15 is 4.39 Å². The van der Waals surface area contributed by atoms with Crippen molar-refractivity contribution in [2.24, 2.45) is 4.99 Å². The number of aromatic nitrogens is 3. The van der Waals surface area contributed by atoms with E-state index in [1.165, 1.54) is 30.3 Å². The molecule has 2 aromatic heterocycles. The van der Waals surface area contributed by atoms with Crippen molar-refractivity contribution >= 4 is 39.3 Å². The Labute approximate surface area is 262 Å². The van der Waals surface area contributed by atoms with Crippen molar-refractivity contribution in [3.05, 3.63) is 47.7 Å². The third kappa shape index (κ3) is 5.18. The van der Waals surface area contributed by atoms with E-state index in [1.54, 1.807) is 12.1 Å². The lowest BCUT2D eigenvalue weighted by atomic mass is 9.95. The fourth-order valence-corrected chi connectivity index (χ4v) is 6.72. The minimum absolute atomic E-state index is 0.0383. The summed E-state index contributed by atoms with van der Waals surface area (Å²) in [6.07, 6.45) is 9.42. The number of aliphatic imine (C=N–C) groups is 1. The number of terminal acetylenes is 1. The van der Waals surface area contributed by atoms with Gasteiger partial charge in [-0.15, -0.1) is 6.42 Å². The summed E-state index contributed by atoms with van der Waals surface area (Å²) in [7, 11) is 1.47. The Balaban J connectivity index is 1.39. The summed E-state index contributed by atoms with van der Waals surface area (Å²) >= 11 is 0. The number of carbonyl (C=O) groups is 1. The van der Waals surface area contributed by atoms with E-state index < -0.39 is 17.7 Å². The standard InChI is InChI=1S/C33H30F2N6O5/c1-3-23-26(34)9-6-18-11-22(46-17-44-2)12-24(27(18)23)29-28(35)30-25(13-37-29)31(39-32(38-30)45-16-19-5-4-10-36-19)40-14-20-7-8-21(15-40)41(20)33(42)43/h1,6,9,11-13,20-21H,4-5,7-8,10,14-17H2,2H3,(H,42,43)/t20-,21+. The quantitative estimate of drug-likeness (QED) is 0.211. The molecule has 11 nitrogen and oxygen atoms in total. The molecule has 1 N–H and O–H groups in total. The van der Waals surface area contributed by atoms with Crippen LogP contribution >= 0.6 is 0 Å². The number of benzene rings is 2. The predicted octanol–water partition coefficient (Wildman–Crippen LogP) is 5.03. The summed E-state index contributed by atoms with van der Waals surface area (Å²) < 4.78 is 48.5. The molecule has 13 heteroatoms. The summed E-state index contributed by atoms with van der Waals surface area (Å²) in [6, 6.07) is 5.50. The molecule has 0 unspecified atom stereocenters. The van der Waals surface area contributed by atoms with Crippen LogP contribution in [0.1, 0.15) is 31.2 Å². The number of fused-ring (bicyclic) bond motifs is 4. The average molecular weight is 629 g/mol. The Hall–Kier alpha value is -5.09. The minimum atomic E-state index is -0.954. The number of anilines is 1. The van der Waals surface area contributed by atoms with Gasteiger partial charge in [-0.3, -0.25) is 14.9 Å². The number of carboxylic acid groups (broad SMARTS) is 1. The molecule has 5 heterocycles. The van der Waals surface area contributed by atoms with E-state index in [1.807, 2.05) is 4.90 Å². The minimum Gasteiger partial charge on any atom is -0.468 e. The van der Waals surface area contributed by atoms with Gasteiger partial charge in [-0.1, -0.05) is 12.0 Å². The number of nitrogens with zero attached hydrogens (tertiary/aromatic N) is 6. The number of piperazine rings is 1. The van der Waals surface area contributed by atoms with Crippen LogP contribution in [0.3, 0.4) is 0 Å². The summed E-state index contributed by atoms with van der Waals surface area (Å²) in [5, 5.41) is 10.9. The number of hydrogen-bond donors (Lipinski definition) is 1. The molecule has 0 radical (unpaired) electrons. The average Bonchev–Trinajstić information content (AvgIpc) is 3.68. The second kappa shape index (κ2) is 12.0. The Morgan fingerprint density at radius 2 is 1.96 bits per heavy atom. The Bertz CT molecular complexity index is 1930. The van der Waals surface area contributed by atoms with Crippen molar-refractivity contribution in [2.45, 2.75) is 37.8 Å². The van der Waals surface area contributed by atoms with Crippen LogP contribution in [0.15, 0.2) is 35.5 Å². The number of amides is 1. The van der Waals surface area contributed by atoms with Gasteiger partial charge in [0.05, 0.1) is 23.0 Å². The van der Waals surface area contributed by atoms with E-state index in [-0.39, 0.29) is 53.8 Å². The largest absolute Gasteiger partial charge is 0.468 e. The van der Waals surface area contributed by atoms with Crippen molar-refractivity contribution in [3.8, 4) is 35.4 Å². The van der Waals surface area contributed by atoms with Crippen molar-refractivity contribution in [2.75, 3.05) is 45.0 Å². The first-order chi connectivity index (χ1) is 22.4. The molecule has 2 saturated heterocycles. The van der Waals surface area contributed by atoms with Gasteiger partial charge in [0.2, 0.25) is 0 Å². The van der Waals surface area contributed by atoms with Gasteiger partial charge in [-0.2, -0.15) is 9.97 Å². The van der Waals surface area contributed by atoms with E-state index in [4.69, 9.17) is 20.6 Å². The molecular weight excluding hydrogens is 598 g/mol. The lowest BCUT2D eigenvalue weighted by molar-refractivity contribution is 0.0512. The van der Waals surface area contributed by atoms with Crippen LogP contribution in [0, 0.1) is 24.0 Å². The molecule has 3 aliphatic heterocycles. The number of hydrogen-bond acceptors (Lipinski definition) is 9. The first-order valence-corrected chi connectivity index (χ1v) is 15.0. The summed E-state index contributed by atoms with van der Waals surface area (Å²) in [5.74, 6) is 1.72. The first kappa shape index (κ1) is 29.6. The third-order valence-electron chi connectivity index (χ3n) is 8.76. The zero-order valence-corrected chi connectivity index (χ0v) is 25.0. The molecule has 2 bridgehead atoms. The molecule has 2 fully saturated rings. The number of pyridine rings is 1. The molecule has 236 valence electrons. The maximum atomic E-state index is 16.9. The zero-order chi connectivity index (χ0) is 31.9. The molecule has 1 amide bonds. The maximum Gasteiger partial charge on any atom is 0.407 e. The number of ether oxygens (including phenoxy) is 3. The van der Waals surface area contributed by atoms with Gasteiger partial charge >= 0.3 is 12.1 Å². The molecule has 3 aliphatic rings. The second-order valence-electron chi connectivity index (χ2n) is 11.5. The lowest BCUT2D eigenvalue weighted by Gasteiger charge is -2.40. The van der Waals surface area contributed by atoms with Crippen LogP contribution in [-0.2, 0) is 4.74 Å². The van der Waals surface area contributed by atoms with Gasteiger partial charge < -0.3 is 24.2 Å². The maximum absolute atomic E-state index is 16.9. The van der Waals surface area contributed by atoms with Crippen LogP contribution < -0.4 is 14.4 Å².